The number of nitrogens with zero attached hydrogens (tertiary/aromatic N) is 2. The Labute approximate surface area is 160 Å². The number of aromatic hydroxyl groups is 1. The van der Waals surface area contributed by atoms with Crippen LogP contribution < -0.4 is 5.73 Å². The average Bonchev–Trinajstić information content (AvgIpc) is 3.29. The predicted molar refractivity (Wildman–Crippen MR) is 105 cm³/mol. The van der Waals surface area contributed by atoms with E-state index in [4.69, 9.17) is 5.73 Å². The van der Waals surface area contributed by atoms with E-state index in [1.807, 2.05) is 13.8 Å². The van der Waals surface area contributed by atoms with Crippen molar-refractivity contribution in [2.24, 2.45) is 10.9 Å². The Morgan fingerprint density at radius 3 is 2.67 bits per heavy atom. The maximum absolute atomic E-state index is 14.8. The molecule has 4 N–H and O–H groups in total. The topological polar surface area (TPSA) is 83.8 Å². The molecular formula is C20H20FN3O2S. The summed E-state index contributed by atoms with van der Waals surface area (Å²) in [5.41, 5.74) is 12.0. The number of aryl methyl sites for hydroxylation is 2. The highest BCUT2D eigenvalue weighted by molar-refractivity contribution is 7.10. The first-order valence-corrected chi connectivity index (χ1v) is 9.60. The molecule has 27 heavy (non-hydrogen) atoms. The number of rotatable bonds is 2. The molecular weight excluding hydrogens is 365 g/mol. The molecule has 2 heterocycles. The molecule has 0 bridgehead atoms. The zero-order chi connectivity index (χ0) is 19.3. The molecule has 1 aliphatic carbocycles. The number of thiophene rings is 1. The standard InChI is InChI=1S/C20H20FN3O2S/c1-10-9-27-11(2)17(10)19-18(13-7-6-12(25)8-15(13)21)14-4-3-5-16(14)24(19)20(22)23-26/h6-9,25-26H,3-5H2,1-2H3,(H2,22,23). The number of phenols is 1. The van der Waals surface area contributed by atoms with Crippen molar-refractivity contribution < 1.29 is 14.7 Å². The number of phenolic OH excluding ortho intramolecular Hbond substituents is 1. The highest BCUT2D eigenvalue weighted by Gasteiger charge is 2.32. The minimum atomic E-state index is -0.492. The number of nitrogens with two attached hydrogens (primary N) is 1. The summed E-state index contributed by atoms with van der Waals surface area (Å²) in [5.74, 6) is -0.639. The van der Waals surface area contributed by atoms with Gasteiger partial charge in [0.2, 0.25) is 5.96 Å². The second-order valence-electron chi connectivity index (χ2n) is 6.81. The van der Waals surface area contributed by atoms with Gasteiger partial charge in [0.1, 0.15) is 11.6 Å². The molecule has 2 aromatic heterocycles. The Morgan fingerprint density at radius 1 is 1.26 bits per heavy atom. The first-order valence-electron chi connectivity index (χ1n) is 8.72. The molecule has 1 aromatic carbocycles. The highest BCUT2D eigenvalue weighted by atomic mass is 32.1. The Morgan fingerprint density at radius 2 is 2.04 bits per heavy atom. The zero-order valence-corrected chi connectivity index (χ0v) is 15.9. The molecule has 0 amide bonds. The Bertz CT molecular complexity index is 1060. The van der Waals surface area contributed by atoms with Crippen LogP contribution in [-0.4, -0.2) is 20.8 Å². The van der Waals surface area contributed by atoms with E-state index in [0.29, 0.717) is 5.56 Å². The van der Waals surface area contributed by atoms with Crippen LogP contribution in [0.2, 0.25) is 0 Å². The van der Waals surface area contributed by atoms with E-state index in [1.54, 1.807) is 22.0 Å². The van der Waals surface area contributed by atoms with Crippen LogP contribution in [0.15, 0.2) is 28.7 Å². The third kappa shape index (κ3) is 2.61. The van der Waals surface area contributed by atoms with E-state index < -0.39 is 5.82 Å². The van der Waals surface area contributed by atoms with Gasteiger partial charge in [-0.05, 0) is 61.7 Å². The van der Waals surface area contributed by atoms with Crippen molar-refractivity contribution in [2.75, 3.05) is 0 Å². The zero-order valence-electron chi connectivity index (χ0n) is 15.1. The molecule has 0 fully saturated rings. The van der Waals surface area contributed by atoms with E-state index in [0.717, 1.165) is 63.8 Å². The minimum Gasteiger partial charge on any atom is -0.508 e. The number of hydrogen-bond acceptors (Lipinski definition) is 4. The SMILES string of the molecule is Cc1csc(C)c1-c1c(-c2ccc(O)cc2F)c2c(n1/C(N)=N/O)CCC2. The fraction of sp³-hybridized carbons (Fsp3) is 0.250. The number of fused-ring (bicyclic) bond motifs is 1. The van der Waals surface area contributed by atoms with Gasteiger partial charge < -0.3 is 16.0 Å². The fourth-order valence-corrected chi connectivity index (χ4v) is 4.94. The quantitative estimate of drug-likeness (QED) is 0.265. The molecule has 0 radical (unpaired) electrons. The third-order valence-corrected chi connectivity index (χ3v) is 6.20. The summed E-state index contributed by atoms with van der Waals surface area (Å²) < 4.78 is 16.6. The normalized spacial score (nSPS) is 14.0. The lowest BCUT2D eigenvalue weighted by molar-refractivity contribution is 0.316. The van der Waals surface area contributed by atoms with Crippen molar-refractivity contribution in [3.63, 3.8) is 0 Å². The summed E-state index contributed by atoms with van der Waals surface area (Å²) in [6.07, 6.45) is 2.50. The van der Waals surface area contributed by atoms with Gasteiger partial charge in [0.05, 0.1) is 5.69 Å². The number of hydrogen-bond donors (Lipinski definition) is 3. The molecule has 1 aliphatic rings. The highest BCUT2D eigenvalue weighted by Crippen LogP contribution is 2.46. The van der Waals surface area contributed by atoms with Gasteiger partial charge in [0, 0.05) is 33.3 Å². The Balaban J connectivity index is 2.16. The predicted octanol–water partition coefficient (Wildman–Crippen LogP) is 4.39. The second-order valence-corrected chi connectivity index (χ2v) is 7.89. The van der Waals surface area contributed by atoms with Gasteiger partial charge in [-0.25, -0.2) is 4.39 Å². The Hall–Kier alpha value is -2.80. The molecule has 140 valence electrons. The molecule has 0 saturated carbocycles. The number of halogens is 1. The van der Waals surface area contributed by atoms with Crippen molar-refractivity contribution in [3.8, 4) is 28.1 Å². The third-order valence-electron chi connectivity index (χ3n) is 5.17. The largest absolute Gasteiger partial charge is 0.508 e. The molecule has 0 atom stereocenters. The van der Waals surface area contributed by atoms with Gasteiger partial charge in [-0.1, -0.05) is 5.16 Å². The van der Waals surface area contributed by atoms with Gasteiger partial charge in [0.25, 0.3) is 0 Å². The number of oxime groups is 1. The fourth-order valence-electron chi connectivity index (χ4n) is 4.09. The minimum absolute atomic E-state index is 0.0291. The van der Waals surface area contributed by atoms with Crippen LogP contribution in [0.5, 0.6) is 5.75 Å². The van der Waals surface area contributed by atoms with Gasteiger partial charge in [0.15, 0.2) is 0 Å². The van der Waals surface area contributed by atoms with E-state index in [9.17, 15) is 14.7 Å². The van der Waals surface area contributed by atoms with Crippen molar-refractivity contribution in [3.05, 3.63) is 51.1 Å². The lowest BCUT2D eigenvalue weighted by Gasteiger charge is -2.15. The summed E-state index contributed by atoms with van der Waals surface area (Å²) in [7, 11) is 0. The summed E-state index contributed by atoms with van der Waals surface area (Å²) in [4.78, 5) is 1.08. The molecule has 3 aromatic rings. The van der Waals surface area contributed by atoms with Crippen LogP contribution >= 0.6 is 11.3 Å². The van der Waals surface area contributed by atoms with Crippen molar-refractivity contribution in [2.45, 2.75) is 33.1 Å². The van der Waals surface area contributed by atoms with Gasteiger partial charge >= 0.3 is 0 Å². The second kappa shape index (κ2) is 6.42. The maximum atomic E-state index is 14.8. The van der Waals surface area contributed by atoms with Crippen LogP contribution in [0.4, 0.5) is 4.39 Å². The van der Waals surface area contributed by atoms with E-state index >= 15 is 0 Å². The summed E-state index contributed by atoms with van der Waals surface area (Å²) in [6.45, 7) is 4.02. The van der Waals surface area contributed by atoms with Gasteiger partial charge in [-0.3, -0.25) is 4.57 Å². The van der Waals surface area contributed by atoms with Gasteiger partial charge in [-0.2, -0.15) is 0 Å². The van der Waals surface area contributed by atoms with Crippen molar-refractivity contribution >= 4 is 17.3 Å². The van der Waals surface area contributed by atoms with Gasteiger partial charge in [-0.15, -0.1) is 11.3 Å². The molecule has 4 rings (SSSR count). The van der Waals surface area contributed by atoms with Crippen LogP contribution in [0, 0.1) is 19.7 Å². The van der Waals surface area contributed by atoms with Crippen LogP contribution in [0.25, 0.3) is 22.4 Å². The number of benzene rings is 1. The summed E-state index contributed by atoms with van der Waals surface area (Å²) in [5, 5.41) is 24.3. The lowest BCUT2D eigenvalue weighted by atomic mass is 9.95. The first-order chi connectivity index (χ1) is 12.9. The smallest absolute Gasteiger partial charge is 0.242 e. The lowest BCUT2D eigenvalue weighted by Crippen LogP contribution is -2.25. The van der Waals surface area contributed by atoms with Crippen molar-refractivity contribution in [1.29, 1.82) is 0 Å². The number of aromatic nitrogens is 1. The molecule has 7 heteroatoms. The molecule has 0 unspecified atom stereocenters. The Kier molecular flexibility index (Phi) is 4.19. The molecule has 5 nitrogen and oxygen atoms in total. The van der Waals surface area contributed by atoms with Crippen LogP contribution in [0.1, 0.15) is 28.1 Å². The molecule has 0 spiro atoms. The molecule has 0 aliphatic heterocycles. The van der Waals surface area contributed by atoms with E-state index in [2.05, 4.69) is 10.5 Å². The summed E-state index contributed by atoms with van der Waals surface area (Å²) in [6, 6.07) is 4.20. The molecule has 0 saturated heterocycles. The summed E-state index contributed by atoms with van der Waals surface area (Å²) >= 11 is 1.61. The monoisotopic (exact) mass is 385 g/mol. The maximum Gasteiger partial charge on any atom is 0.242 e. The first kappa shape index (κ1) is 17.6. The van der Waals surface area contributed by atoms with Crippen LogP contribution in [0.3, 0.4) is 0 Å². The average molecular weight is 385 g/mol. The van der Waals surface area contributed by atoms with E-state index in [-0.39, 0.29) is 11.7 Å². The van der Waals surface area contributed by atoms with E-state index in [1.165, 1.54) is 6.07 Å². The van der Waals surface area contributed by atoms with Crippen LogP contribution in [-0.2, 0) is 12.8 Å². The van der Waals surface area contributed by atoms with Crippen molar-refractivity contribution in [1.82, 2.24) is 4.57 Å².